The van der Waals surface area contributed by atoms with Gasteiger partial charge < -0.3 is 4.74 Å². The van der Waals surface area contributed by atoms with Crippen molar-refractivity contribution in [3.63, 3.8) is 0 Å². The zero-order valence-electron chi connectivity index (χ0n) is 11.9. The number of hydrogen-bond acceptors (Lipinski definition) is 3. The fourth-order valence-corrected chi connectivity index (χ4v) is 4.55. The van der Waals surface area contributed by atoms with Crippen LogP contribution in [-0.2, 0) is 14.3 Å². The van der Waals surface area contributed by atoms with Crippen LogP contribution in [0, 0.1) is 22.7 Å². The summed E-state index contributed by atoms with van der Waals surface area (Å²) in [5.74, 6) is -0.343. The summed E-state index contributed by atoms with van der Waals surface area (Å²) in [5.41, 5.74) is 0.0180. The maximum absolute atomic E-state index is 12.2. The Morgan fingerprint density at radius 1 is 1.28 bits per heavy atom. The summed E-state index contributed by atoms with van der Waals surface area (Å²) in [6.07, 6.45) is 4.71. The molecule has 0 aromatic rings. The molecule has 0 amide bonds. The van der Waals surface area contributed by atoms with Crippen LogP contribution in [0.2, 0.25) is 0 Å². The van der Waals surface area contributed by atoms with E-state index in [9.17, 15) is 9.59 Å². The predicted molar refractivity (Wildman–Crippen MR) is 69.0 cm³/mol. The van der Waals surface area contributed by atoms with Crippen molar-refractivity contribution in [1.82, 2.24) is 0 Å². The van der Waals surface area contributed by atoms with Crippen molar-refractivity contribution >= 4 is 11.8 Å². The van der Waals surface area contributed by atoms with Gasteiger partial charge in [-0.3, -0.25) is 9.59 Å². The van der Waals surface area contributed by atoms with Crippen molar-refractivity contribution in [1.29, 1.82) is 0 Å². The SMILES string of the molecule is COC(=O)[C@@H]1C(=O)CC[C@H]2C(C)(C)CCC[C@]12C. The first-order valence-corrected chi connectivity index (χ1v) is 6.93. The highest BCUT2D eigenvalue weighted by molar-refractivity contribution is 6.00. The van der Waals surface area contributed by atoms with E-state index in [1.807, 2.05) is 0 Å². The van der Waals surface area contributed by atoms with E-state index in [1.54, 1.807) is 0 Å². The van der Waals surface area contributed by atoms with Crippen molar-refractivity contribution in [3.05, 3.63) is 0 Å². The Balaban J connectivity index is 2.40. The maximum atomic E-state index is 12.2. The molecule has 0 saturated heterocycles. The maximum Gasteiger partial charge on any atom is 0.316 e. The molecule has 3 nitrogen and oxygen atoms in total. The molecule has 0 N–H and O–H groups in total. The molecular weight excluding hydrogens is 228 g/mol. The summed E-state index contributed by atoms with van der Waals surface area (Å²) in [6.45, 7) is 6.68. The van der Waals surface area contributed by atoms with E-state index < -0.39 is 5.92 Å². The van der Waals surface area contributed by atoms with Crippen molar-refractivity contribution < 1.29 is 14.3 Å². The average Bonchev–Trinajstić information content (AvgIpc) is 2.26. The van der Waals surface area contributed by atoms with E-state index in [1.165, 1.54) is 13.5 Å². The lowest BCUT2D eigenvalue weighted by Gasteiger charge is -2.55. The molecule has 0 radical (unpaired) electrons. The molecule has 2 fully saturated rings. The van der Waals surface area contributed by atoms with E-state index in [-0.39, 0.29) is 22.6 Å². The van der Waals surface area contributed by atoms with E-state index in [0.29, 0.717) is 12.3 Å². The van der Waals surface area contributed by atoms with Crippen LogP contribution < -0.4 is 0 Å². The highest BCUT2D eigenvalue weighted by Crippen LogP contribution is 2.59. The number of rotatable bonds is 1. The van der Waals surface area contributed by atoms with Gasteiger partial charge in [0.1, 0.15) is 11.7 Å². The van der Waals surface area contributed by atoms with Crippen molar-refractivity contribution in [2.45, 2.75) is 52.9 Å². The molecule has 2 aliphatic carbocycles. The van der Waals surface area contributed by atoms with Gasteiger partial charge in [0.05, 0.1) is 7.11 Å². The number of carbonyl (C=O) groups is 2. The number of fused-ring (bicyclic) bond motifs is 1. The third-order valence-electron chi connectivity index (χ3n) is 5.37. The lowest BCUT2D eigenvalue weighted by molar-refractivity contribution is -0.167. The quantitative estimate of drug-likeness (QED) is 0.532. The van der Waals surface area contributed by atoms with Gasteiger partial charge in [-0.15, -0.1) is 0 Å². The number of carbonyl (C=O) groups excluding carboxylic acids is 2. The van der Waals surface area contributed by atoms with Crippen LogP contribution in [0.4, 0.5) is 0 Å². The Kier molecular flexibility index (Phi) is 3.28. The molecule has 3 atom stereocenters. The molecule has 3 heteroatoms. The number of hydrogen-bond donors (Lipinski definition) is 0. The summed E-state index contributed by atoms with van der Waals surface area (Å²) >= 11 is 0. The zero-order chi connectivity index (χ0) is 13.6. The molecule has 2 aliphatic rings. The molecule has 0 aromatic carbocycles. The summed E-state index contributed by atoms with van der Waals surface area (Å²) in [7, 11) is 1.39. The average molecular weight is 252 g/mol. The lowest BCUT2D eigenvalue weighted by atomic mass is 9.48. The minimum absolute atomic E-state index is 0.0818. The van der Waals surface area contributed by atoms with Crippen molar-refractivity contribution in [3.8, 4) is 0 Å². The van der Waals surface area contributed by atoms with E-state index in [0.717, 1.165) is 19.3 Å². The third kappa shape index (κ3) is 1.88. The van der Waals surface area contributed by atoms with E-state index >= 15 is 0 Å². The van der Waals surface area contributed by atoms with Crippen LogP contribution in [0.25, 0.3) is 0 Å². The molecule has 2 saturated carbocycles. The molecular formula is C15H24O3. The van der Waals surface area contributed by atoms with Crippen LogP contribution in [0.3, 0.4) is 0 Å². The summed E-state index contributed by atoms with van der Waals surface area (Å²) in [5, 5.41) is 0. The summed E-state index contributed by atoms with van der Waals surface area (Å²) in [6, 6.07) is 0. The second-order valence-corrected chi connectivity index (χ2v) is 6.86. The van der Waals surface area contributed by atoms with Gasteiger partial charge in [0.15, 0.2) is 0 Å². The van der Waals surface area contributed by atoms with Gasteiger partial charge in [-0.25, -0.2) is 0 Å². The zero-order valence-corrected chi connectivity index (χ0v) is 11.9. The molecule has 102 valence electrons. The second-order valence-electron chi connectivity index (χ2n) is 6.86. The predicted octanol–water partition coefficient (Wildman–Crippen LogP) is 2.97. The van der Waals surface area contributed by atoms with E-state index in [2.05, 4.69) is 20.8 Å². The van der Waals surface area contributed by atoms with Crippen LogP contribution in [-0.4, -0.2) is 18.9 Å². The van der Waals surface area contributed by atoms with Crippen molar-refractivity contribution in [2.24, 2.45) is 22.7 Å². The first kappa shape index (κ1) is 13.6. The van der Waals surface area contributed by atoms with Crippen LogP contribution in [0.15, 0.2) is 0 Å². The topological polar surface area (TPSA) is 43.4 Å². The summed E-state index contributed by atoms with van der Waals surface area (Å²) < 4.78 is 4.88. The molecule has 0 unspecified atom stereocenters. The number of esters is 1. The Bertz CT molecular complexity index is 364. The van der Waals surface area contributed by atoms with Gasteiger partial charge in [0, 0.05) is 6.42 Å². The van der Waals surface area contributed by atoms with Crippen LogP contribution >= 0.6 is 0 Å². The minimum Gasteiger partial charge on any atom is -0.468 e. The minimum atomic E-state index is -0.541. The van der Waals surface area contributed by atoms with Gasteiger partial charge in [-0.1, -0.05) is 27.2 Å². The van der Waals surface area contributed by atoms with Crippen LogP contribution in [0.5, 0.6) is 0 Å². The smallest absolute Gasteiger partial charge is 0.316 e. The molecule has 2 rings (SSSR count). The first-order chi connectivity index (χ1) is 8.33. The fourth-order valence-electron chi connectivity index (χ4n) is 4.55. The highest BCUT2D eigenvalue weighted by atomic mass is 16.5. The van der Waals surface area contributed by atoms with Crippen molar-refractivity contribution in [2.75, 3.05) is 7.11 Å². The largest absolute Gasteiger partial charge is 0.468 e. The highest BCUT2D eigenvalue weighted by Gasteiger charge is 2.57. The molecule has 0 spiro atoms. The standard InChI is InChI=1S/C15H24O3/c1-14(2)8-5-9-15(3)11(14)7-6-10(16)12(15)13(17)18-4/h11-12H,5-9H2,1-4H3/t11-,12-,15-/m0/s1. The Hall–Kier alpha value is -0.860. The second kappa shape index (κ2) is 4.36. The number of methoxy groups -OCH3 is 1. The van der Waals surface area contributed by atoms with Crippen LogP contribution in [0.1, 0.15) is 52.9 Å². The fraction of sp³-hybridized carbons (Fsp3) is 0.867. The molecule has 0 bridgehead atoms. The Morgan fingerprint density at radius 2 is 1.94 bits per heavy atom. The summed E-state index contributed by atoms with van der Waals surface area (Å²) in [4.78, 5) is 24.2. The van der Waals surface area contributed by atoms with Gasteiger partial charge in [-0.05, 0) is 36.0 Å². The Labute approximate surface area is 109 Å². The monoisotopic (exact) mass is 252 g/mol. The van der Waals surface area contributed by atoms with E-state index in [4.69, 9.17) is 4.74 Å². The number of ether oxygens (including phenoxy) is 1. The third-order valence-corrected chi connectivity index (χ3v) is 5.37. The number of ketones is 1. The van der Waals surface area contributed by atoms with Gasteiger partial charge in [0.2, 0.25) is 0 Å². The molecule has 18 heavy (non-hydrogen) atoms. The molecule has 0 aromatic heterocycles. The molecule has 0 heterocycles. The number of Topliss-reactive ketones (excluding diaryl/α,β-unsaturated/α-hetero) is 1. The lowest BCUT2D eigenvalue weighted by Crippen LogP contribution is -2.54. The molecule has 0 aliphatic heterocycles. The first-order valence-electron chi connectivity index (χ1n) is 6.93. The normalized spacial score (nSPS) is 39.0. The Morgan fingerprint density at radius 3 is 2.56 bits per heavy atom. The van der Waals surface area contributed by atoms with Gasteiger partial charge >= 0.3 is 5.97 Å². The van der Waals surface area contributed by atoms with Gasteiger partial charge in [0.25, 0.3) is 0 Å². The van der Waals surface area contributed by atoms with Gasteiger partial charge in [-0.2, -0.15) is 0 Å².